The SMILES string of the molecule is CCOC(=O)c1ccc(NC(=O)COC(=O)C23C[C@@H]4C[C@@H](CC(Cl)(C4)C2)C3)cc1. The minimum absolute atomic E-state index is 0.272. The highest BCUT2D eigenvalue weighted by atomic mass is 35.5. The maximum Gasteiger partial charge on any atom is 0.338 e. The second-order valence-electron chi connectivity index (χ2n) is 8.81. The molecule has 4 saturated carbocycles. The van der Waals surface area contributed by atoms with Crippen LogP contribution in [0.15, 0.2) is 24.3 Å². The highest BCUT2D eigenvalue weighted by Crippen LogP contribution is 2.64. The third kappa shape index (κ3) is 4.13. The summed E-state index contributed by atoms with van der Waals surface area (Å²) in [5, 5.41) is 2.68. The van der Waals surface area contributed by atoms with E-state index in [1.807, 2.05) is 0 Å². The summed E-state index contributed by atoms with van der Waals surface area (Å²) >= 11 is 6.77. The van der Waals surface area contributed by atoms with Crippen molar-refractivity contribution < 1.29 is 23.9 Å². The van der Waals surface area contributed by atoms with Gasteiger partial charge in [0, 0.05) is 10.6 Å². The van der Waals surface area contributed by atoms with Crippen LogP contribution in [0.25, 0.3) is 0 Å². The first-order valence-electron chi connectivity index (χ1n) is 10.2. The fraction of sp³-hybridized carbons (Fsp3) is 0.591. The molecule has 2 unspecified atom stereocenters. The van der Waals surface area contributed by atoms with Crippen LogP contribution < -0.4 is 5.32 Å². The van der Waals surface area contributed by atoms with E-state index in [1.54, 1.807) is 31.2 Å². The molecule has 1 amide bonds. The second kappa shape index (κ2) is 7.63. The van der Waals surface area contributed by atoms with E-state index in [0.717, 1.165) is 32.1 Å². The van der Waals surface area contributed by atoms with Gasteiger partial charge < -0.3 is 14.8 Å². The van der Waals surface area contributed by atoms with Gasteiger partial charge in [0.15, 0.2) is 6.61 Å². The molecule has 4 aliphatic carbocycles. The molecule has 4 fully saturated rings. The Kier molecular flexibility index (Phi) is 5.32. The van der Waals surface area contributed by atoms with Crippen molar-refractivity contribution in [1.82, 2.24) is 0 Å². The van der Waals surface area contributed by atoms with Crippen LogP contribution in [-0.2, 0) is 19.1 Å². The van der Waals surface area contributed by atoms with Gasteiger partial charge in [0.05, 0.1) is 17.6 Å². The number of rotatable bonds is 6. The van der Waals surface area contributed by atoms with E-state index in [4.69, 9.17) is 21.1 Å². The van der Waals surface area contributed by atoms with Gasteiger partial charge in [0.2, 0.25) is 0 Å². The van der Waals surface area contributed by atoms with E-state index in [2.05, 4.69) is 5.32 Å². The molecule has 1 aromatic rings. The zero-order valence-corrected chi connectivity index (χ0v) is 17.3. The highest BCUT2D eigenvalue weighted by Gasteiger charge is 2.60. The van der Waals surface area contributed by atoms with Crippen LogP contribution >= 0.6 is 11.6 Å². The number of hydrogen-bond acceptors (Lipinski definition) is 5. The van der Waals surface area contributed by atoms with Crippen LogP contribution in [-0.4, -0.2) is 35.9 Å². The van der Waals surface area contributed by atoms with Gasteiger partial charge in [-0.3, -0.25) is 9.59 Å². The molecule has 6 nitrogen and oxygen atoms in total. The van der Waals surface area contributed by atoms with E-state index >= 15 is 0 Å². The fourth-order valence-corrected chi connectivity index (χ4v) is 6.47. The van der Waals surface area contributed by atoms with Crippen molar-refractivity contribution in [2.75, 3.05) is 18.5 Å². The molecule has 0 aliphatic heterocycles. The second-order valence-corrected chi connectivity index (χ2v) is 9.62. The maximum atomic E-state index is 12.9. The maximum absolute atomic E-state index is 12.9. The zero-order chi connectivity index (χ0) is 20.6. The topological polar surface area (TPSA) is 81.7 Å². The monoisotopic (exact) mass is 419 g/mol. The van der Waals surface area contributed by atoms with Gasteiger partial charge in [0.1, 0.15) is 0 Å². The molecule has 0 heterocycles. The van der Waals surface area contributed by atoms with Gasteiger partial charge in [0.25, 0.3) is 5.91 Å². The predicted octanol–water partition coefficient (Wildman–Crippen LogP) is 3.92. The molecule has 4 bridgehead atoms. The number of ether oxygens (including phenoxy) is 2. The molecule has 1 aromatic carbocycles. The van der Waals surface area contributed by atoms with Gasteiger partial charge >= 0.3 is 11.9 Å². The lowest BCUT2D eigenvalue weighted by atomic mass is 9.49. The van der Waals surface area contributed by atoms with Crippen LogP contribution in [0.2, 0.25) is 0 Å². The summed E-state index contributed by atoms with van der Waals surface area (Å²) < 4.78 is 10.3. The lowest BCUT2D eigenvalue weighted by molar-refractivity contribution is -0.171. The summed E-state index contributed by atoms with van der Waals surface area (Å²) in [6, 6.07) is 6.38. The molecule has 0 saturated heterocycles. The Morgan fingerprint density at radius 1 is 1.07 bits per heavy atom. The minimum Gasteiger partial charge on any atom is -0.462 e. The van der Waals surface area contributed by atoms with Crippen LogP contribution in [0.3, 0.4) is 0 Å². The number of amides is 1. The number of carbonyl (C=O) groups is 3. The van der Waals surface area contributed by atoms with Crippen molar-refractivity contribution in [3.05, 3.63) is 29.8 Å². The average Bonchev–Trinajstić information content (AvgIpc) is 2.65. The van der Waals surface area contributed by atoms with Crippen LogP contribution in [0.1, 0.15) is 55.8 Å². The van der Waals surface area contributed by atoms with Gasteiger partial charge in [-0.25, -0.2) is 4.79 Å². The number of nitrogens with one attached hydrogen (secondary N) is 1. The van der Waals surface area contributed by atoms with Gasteiger partial charge in [-0.15, -0.1) is 11.6 Å². The average molecular weight is 420 g/mol. The normalized spacial score (nSPS) is 31.9. The number of carbonyl (C=O) groups excluding carboxylic acids is 3. The Morgan fingerprint density at radius 3 is 2.31 bits per heavy atom. The number of esters is 2. The number of hydrogen-bond donors (Lipinski definition) is 1. The van der Waals surface area contributed by atoms with Crippen LogP contribution in [0.5, 0.6) is 0 Å². The summed E-state index contributed by atoms with van der Waals surface area (Å²) in [6.07, 6.45) is 5.45. The zero-order valence-electron chi connectivity index (χ0n) is 16.5. The highest BCUT2D eigenvalue weighted by molar-refractivity contribution is 6.24. The third-order valence-electron chi connectivity index (χ3n) is 6.44. The smallest absolute Gasteiger partial charge is 0.338 e. The first-order valence-corrected chi connectivity index (χ1v) is 10.6. The molecule has 7 heteroatoms. The Bertz CT molecular complexity index is 807. The van der Waals surface area contributed by atoms with Gasteiger partial charge in [-0.05, 0) is 81.5 Å². The first kappa shape index (κ1) is 20.2. The Morgan fingerprint density at radius 2 is 1.72 bits per heavy atom. The fourth-order valence-electron chi connectivity index (χ4n) is 5.77. The van der Waals surface area contributed by atoms with E-state index < -0.39 is 17.3 Å². The summed E-state index contributed by atoms with van der Waals surface area (Å²) in [4.78, 5) is 36.5. The van der Waals surface area contributed by atoms with Crippen molar-refractivity contribution in [1.29, 1.82) is 0 Å². The Hall–Kier alpha value is -2.08. The predicted molar refractivity (Wildman–Crippen MR) is 108 cm³/mol. The molecule has 156 valence electrons. The lowest BCUT2D eigenvalue weighted by Gasteiger charge is -2.58. The molecule has 0 spiro atoms. The molecule has 5 rings (SSSR count). The lowest BCUT2D eigenvalue weighted by Crippen LogP contribution is -2.56. The molecule has 4 aliphatic rings. The Balaban J connectivity index is 1.31. The van der Waals surface area contributed by atoms with Crippen molar-refractivity contribution in [3.8, 4) is 0 Å². The molecule has 1 N–H and O–H groups in total. The van der Waals surface area contributed by atoms with E-state index in [9.17, 15) is 14.4 Å². The summed E-state index contributed by atoms with van der Waals surface area (Å²) in [7, 11) is 0. The van der Waals surface area contributed by atoms with E-state index in [-0.39, 0.29) is 17.5 Å². The molecular weight excluding hydrogens is 394 g/mol. The van der Waals surface area contributed by atoms with Crippen LogP contribution in [0.4, 0.5) is 5.69 Å². The summed E-state index contributed by atoms with van der Waals surface area (Å²) in [5.74, 6) is -0.120. The van der Waals surface area contributed by atoms with Gasteiger partial charge in [-0.1, -0.05) is 0 Å². The number of halogens is 1. The molecule has 29 heavy (non-hydrogen) atoms. The van der Waals surface area contributed by atoms with Crippen molar-refractivity contribution in [3.63, 3.8) is 0 Å². The largest absolute Gasteiger partial charge is 0.462 e. The molecule has 0 aromatic heterocycles. The number of anilines is 1. The standard InChI is InChI=1S/C22H26ClNO5/c1-2-28-19(26)16-3-5-17(6-4-16)24-18(25)12-29-20(27)21-8-14-7-15(9-21)11-22(23,10-14)13-21/h3-6,14-15H,2,7-13H2,1H3,(H,24,25)/t14-,15+,21?,22?. The molecule has 0 radical (unpaired) electrons. The Labute approximate surface area is 175 Å². The molecule has 4 atom stereocenters. The summed E-state index contributed by atoms with van der Waals surface area (Å²) in [5.41, 5.74) is 0.412. The van der Waals surface area contributed by atoms with Gasteiger partial charge in [-0.2, -0.15) is 0 Å². The number of benzene rings is 1. The van der Waals surface area contributed by atoms with Crippen molar-refractivity contribution in [2.24, 2.45) is 17.3 Å². The van der Waals surface area contributed by atoms with E-state index in [1.165, 1.54) is 0 Å². The molecular formula is C22H26ClNO5. The van der Waals surface area contributed by atoms with Crippen molar-refractivity contribution in [2.45, 2.75) is 50.3 Å². The summed E-state index contributed by atoms with van der Waals surface area (Å²) in [6.45, 7) is 1.71. The number of alkyl halides is 1. The quantitative estimate of drug-likeness (QED) is 0.558. The van der Waals surface area contributed by atoms with Crippen molar-refractivity contribution >= 4 is 35.1 Å². The van der Waals surface area contributed by atoms with E-state index in [0.29, 0.717) is 36.1 Å². The minimum atomic E-state index is -0.520. The van der Waals surface area contributed by atoms with Crippen LogP contribution in [0, 0.1) is 17.3 Å². The first-order chi connectivity index (χ1) is 13.8. The third-order valence-corrected chi connectivity index (χ3v) is 6.88.